The highest BCUT2D eigenvalue weighted by atomic mass is 32.2. The number of carbonyl (C=O) groups is 2. The molecular weight excluding hydrogens is 733 g/mol. The molecule has 1 amide bonds. The number of aliphatic carboxylic acids is 1. The number of nitrogens with one attached hydrogen (secondary N) is 2. The van der Waals surface area contributed by atoms with E-state index in [2.05, 4.69) is 10.6 Å². The summed E-state index contributed by atoms with van der Waals surface area (Å²) in [4.78, 5) is 34.5. The average molecular weight is 786 g/mol. The Labute approximate surface area is 310 Å². The first kappa shape index (κ1) is 42.6. The number of hydrogen-bond acceptors (Lipinski definition) is 12. The number of aliphatic hydroxyl groups excluding tert-OH is 1. The van der Waals surface area contributed by atoms with Crippen molar-refractivity contribution >= 4 is 29.7 Å². The van der Waals surface area contributed by atoms with Crippen LogP contribution >= 0.6 is 7.60 Å². The van der Waals surface area contributed by atoms with E-state index in [1.165, 1.54) is 23.5 Å². The number of carbonyl (C=O) groups excluding carboxylic acids is 1. The fourth-order valence-electron chi connectivity index (χ4n) is 6.11. The highest BCUT2D eigenvalue weighted by molar-refractivity contribution is 7.89. The minimum atomic E-state index is -4.12. The Balaban J connectivity index is 1.44. The quantitative estimate of drug-likeness (QED) is 0.0908. The number of rotatable bonds is 21. The third kappa shape index (κ3) is 12.5. The molecule has 2 saturated heterocycles. The summed E-state index contributed by atoms with van der Waals surface area (Å²) < 4.78 is 68.0. The van der Waals surface area contributed by atoms with Gasteiger partial charge in [-0.3, -0.25) is 9.09 Å². The summed E-state index contributed by atoms with van der Waals surface area (Å²) in [5.74, 6) is -0.984. The maximum atomic E-state index is 13.8. The van der Waals surface area contributed by atoms with Gasteiger partial charge in [0.05, 0.1) is 49.4 Å². The molecular formula is C35H52N3O13PS. The number of hydrogen-bond donors (Lipinski definition) is 5. The monoisotopic (exact) mass is 785 g/mol. The molecule has 2 heterocycles. The summed E-state index contributed by atoms with van der Waals surface area (Å²) in [5, 5.41) is 26.6. The van der Waals surface area contributed by atoms with Crippen molar-refractivity contribution in [1.29, 1.82) is 0 Å². The number of aliphatic hydroxyl groups is 1. The Kier molecular flexibility index (Phi) is 15.7. The number of alkyl carbamates (subject to hydrolysis) is 1. The van der Waals surface area contributed by atoms with Crippen molar-refractivity contribution in [2.45, 2.75) is 82.1 Å². The number of nitrogens with zero attached hydrogens (tertiary/aromatic N) is 1. The van der Waals surface area contributed by atoms with Gasteiger partial charge in [-0.05, 0) is 60.6 Å². The van der Waals surface area contributed by atoms with E-state index in [1.807, 2.05) is 26.0 Å². The van der Waals surface area contributed by atoms with Crippen LogP contribution in [0.1, 0.15) is 44.7 Å². The molecule has 0 aromatic heterocycles. The fourth-order valence-corrected chi connectivity index (χ4v) is 8.91. The second-order valence-electron chi connectivity index (χ2n) is 13.6. The summed E-state index contributed by atoms with van der Waals surface area (Å²) in [5.41, 5.74) is 1.56. The number of sulfonamides is 1. The van der Waals surface area contributed by atoms with Crippen LogP contribution in [-0.2, 0) is 51.1 Å². The molecule has 18 heteroatoms. The first-order valence-electron chi connectivity index (χ1n) is 17.7. The molecule has 2 fully saturated rings. The molecule has 2 aliphatic rings. The largest absolute Gasteiger partial charge is 0.497 e. The molecule has 296 valence electrons. The second-order valence-corrected chi connectivity index (χ2v) is 17.4. The van der Waals surface area contributed by atoms with E-state index in [9.17, 15) is 32.6 Å². The number of fused-ring (bicyclic) bond motifs is 1. The van der Waals surface area contributed by atoms with Crippen LogP contribution in [0.2, 0.25) is 0 Å². The van der Waals surface area contributed by atoms with Crippen molar-refractivity contribution < 1.29 is 61.1 Å². The van der Waals surface area contributed by atoms with Crippen LogP contribution in [0.15, 0.2) is 53.4 Å². The first-order chi connectivity index (χ1) is 25.1. The Morgan fingerprint density at radius 3 is 2.36 bits per heavy atom. The topological polar surface area (TPSA) is 219 Å². The first-order valence-corrected chi connectivity index (χ1v) is 20.9. The molecule has 0 spiro atoms. The molecule has 2 aliphatic heterocycles. The SMILES string of the molecule is CC[C@H](OP(=O)(O)CCNCc1ccc(C[C@H](NC(=O)O[C@H]2CO[C@H]3OCC[C@H]32)[C@H](O)CN(CC(C)C)S(=O)(=O)c2ccc(OC)cc2)cc1)C(=O)O. The van der Waals surface area contributed by atoms with Crippen LogP contribution in [-0.4, -0.2) is 117 Å². The zero-order valence-corrected chi connectivity index (χ0v) is 32.2. The highest BCUT2D eigenvalue weighted by Crippen LogP contribution is 2.43. The molecule has 0 radical (unpaired) electrons. The van der Waals surface area contributed by atoms with Gasteiger partial charge in [0.1, 0.15) is 11.9 Å². The molecule has 5 N–H and O–H groups in total. The highest BCUT2D eigenvalue weighted by Gasteiger charge is 2.44. The lowest BCUT2D eigenvalue weighted by Crippen LogP contribution is -2.51. The van der Waals surface area contributed by atoms with Crippen molar-refractivity contribution in [3.63, 3.8) is 0 Å². The van der Waals surface area contributed by atoms with Crippen molar-refractivity contribution in [1.82, 2.24) is 14.9 Å². The molecule has 0 bridgehead atoms. The van der Waals surface area contributed by atoms with Gasteiger partial charge in [-0.25, -0.2) is 18.0 Å². The molecule has 2 aromatic carbocycles. The molecule has 53 heavy (non-hydrogen) atoms. The Hall–Kier alpha value is -3.12. The Morgan fingerprint density at radius 1 is 1.06 bits per heavy atom. The number of benzene rings is 2. The van der Waals surface area contributed by atoms with E-state index in [4.69, 9.17) is 28.6 Å². The van der Waals surface area contributed by atoms with Gasteiger partial charge >= 0.3 is 19.7 Å². The Bertz CT molecular complexity index is 1650. The fraction of sp³-hybridized carbons (Fsp3) is 0.600. The van der Waals surface area contributed by atoms with Gasteiger partial charge in [0.25, 0.3) is 0 Å². The molecule has 2 aromatic rings. The van der Waals surface area contributed by atoms with Gasteiger partial charge in [0.15, 0.2) is 12.4 Å². The van der Waals surface area contributed by atoms with Crippen molar-refractivity contribution in [2.75, 3.05) is 46.1 Å². The lowest BCUT2D eigenvalue weighted by Gasteiger charge is -2.31. The van der Waals surface area contributed by atoms with Gasteiger partial charge in [-0.2, -0.15) is 4.31 Å². The van der Waals surface area contributed by atoms with E-state index in [0.29, 0.717) is 25.3 Å². The zero-order chi connectivity index (χ0) is 38.8. The third-order valence-corrected chi connectivity index (χ3v) is 12.2. The van der Waals surface area contributed by atoms with Crippen molar-refractivity contribution in [2.24, 2.45) is 11.8 Å². The lowest BCUT2D eigenvalue weighted by molar-refractivity contribution is -0.145. The van der Waals surface area contributed by atoms with Gasteiger partial charge in [0, 0.05) is 26.2 Å². The molecule has 0 saturated carbocycles. The summed E-state index contributed by atoms with van der Waals surface area (Å²) in [6.45, 7) is 6.19. The van der Waals surface area contributed by atoms with Crippen LogP contribution in [0.25, 0.3) is 0 Å². The predicted molar refractivity (Wildman–Crippen MR) is 193 cm³/mol. The van der Waals surface area contributed by atoms with Crippen LogP contribution in [0.4, 0.5) is 4.79 Å². The maximum Gasteiger partial charge on any atom is 0.407 e. The smallest absolute Gasteiger partial charge is 0.407 e. The summed E-state index contributed by atoms with van der Waals surface area (Å²) in [6.07, 6.45) is -3.85. The van der Waals surface area contributed by atoms with E-state index in [0.717, 1.165) is 11.1 Å². The van der Waals surface area contributed by atoms with Gasteiger partial charge in [-0.1, -0.05) is 45.0 Å². The summed E-state index contributed by atoms with van der Waals surface area (Å²) >= 11 is 0. The van der Waals surface area contributed by atoms with Gasteiger partial charge < -0.3 is 44.7 Å². The summed E-state index contributed by atoms with van der Waals surface area (Å²) in [6, 6.07) is 12.2. The van der Waals surface area contributed by atoms with Crippen LogP contribution in [0.3, 0.4) is 0 Å². The molecule has 0 aliphatic carbocycles. The van der Waals surface area contributed by atoms with E-state index >= 15 is 0 Å². The van der Waals surface area contributed by atoms with E-state index < -0.39 is 60.3 Å². The van der Waals surface area contributed by atoms with Crippen LogP contribution < -0.4 is 15.4 Å². The maximum absolute atomic E-state index is 13.8. The average Bonchev–Trinajstić information content (AvgIpc) is 3.74. The number of amides is 1. The number of carboxylic acid groups (broad SMARTS) is 1. The molecule has 4 rings (SSSR count). The van der Waals surface area contributed by atoms with Crippen molar-refractivity contribution in [3.8, 4) is 5.75 Å². The van der Waals surface area contributed by atoms with Gasteiger partial charge in [0.2, 0.25) is 10.0 Å². The van der Waals surface area contributed by atoms with Crippen LogP contribution in [0, 0.1) is 11.8 Å². The minimum Gasteiger partial charge on any atom is -0.497 e. The van der Waals surface area contributed by atoms with E-state index in [1.54, 1.807) is 31.2 Å². The van der Waals surface area contributed by atoms with Gasteiger partial charge in [-0.15, -0.1) is 0 Å². The molecule has 16 nitrogen and oxygen atoms in total. The number of carboxylic acids is 1. The molecule has 1 unspecified atom stereocenters. The second kappa shape index (κ2) is 19.5. The van der Waals surface area contributed by atoms with Crippen molar-refractivity contribution in [3.05, 3.63) is 59.7 Å². The normalized spacial score (nSPS) is 21.5. The Morgan fingerprint density at radius 2 is 1.74 bits per heavy atom. The number of methoxy groups -OCH3 is 1. The lowest BCUT2D eigenvalue weighted by atomic mass is 10.00. The predicted octanol–water partition coefficient (Wildman–Crippen LogP) is 2.96. The van der Waals surface area contributed by atoms with E-state index in [-0.39, 0.29) is 62.0 Å². The minimum absolute atomic E-state index is 0.0357. The number of ether oxygens (including phenoxy) is 4. The summed E-state index contributed by atoms with van der Waals surface area (Å²) in [7, 11) is -6.69. The standard InChI is InChI=1S/C35H52N3O13PS/c1-5-31(33(40)41)51-52(43,44)17-15-36-19-25-8-6-24(7-9-25)18-29(37-35(42)50-32-22-49-34-28(32)14-16-48-34)30(39)21-38(20-23(2)3)53(45,46)27-12-10-26(47-4)11-13-27/h6-13,23,28-32,34,36,39H,5,14-22H2,1-4H3,(H,37,42)(H,40,41)(H,43,44)/t28-,29-,30+,31-,32-,34+/m0/s1. The zero-order valence-electron chi connectivity index (χ0n) is 30.5. The molecule has 7 atom stereocenters. The third-order valence-electron chi connectivity index (χ3n) is 8.99. The van der Waals surface area contributed by atoms with Crippen LogP contribution in [0.5, 0.6) is 5.75 Å².